The summed E-state index contributed by atoms with van der Waals surface area (Å²) in [5.74, 6) is -1.35. The largest absolute Gasteiger partial charge is 0.431 e. The summed E-state index contributed by atoms with van der Waals surface area (Å²) in [4.78, 5) is 28.7. The molecule has 0 saturated heterocycles. The van der Waals surface area contributed by atoms with Crippen LogP contribution in [-0.2, 0) is 4.79 Å². The Labute approximate surface area is 187 Å². The number of hydrazine groups is 1. The molecule has 0 aliphatic rings. The van der Waals surface area contributed by atoms with E-state index in [1.165, 1.54) is 24.3 Å². The van der Waals surface area contributed by atoms with Crippen molar-refractivity contribution in [1.29, 1.82) is 0 Å². The number of oxazole rings is 1. The fraction of sp³-hybridized carbons (Fsp3) is 0.0417. The summed E-state index contributed by atoms with van der Waals surface area (Å²) in [5.41, 5.74) is 6.74. The van der Waals surface area contributed by atoms with Gasteiger partial charge in [-0.3, -0.25) is 20.4 Å². The van der Waals surface area contributed by atoms with E-state index in [9.17, 15) is 14.0 Å². The van der Waals surface area contributed by atoms with Gasteiger partial charge in [-0.1, -0.05) is 84.6 Å². The third-order valence-electron chi connectivity index (χ3n) is 4.45. The molecule has 0 bridgehead atoms. The van der Waals surface area contributed by atoms with E-state index in [2.05, 4.69) is 15.8 Å². The molecule has 160 valence electrons. The molecule has 0 atom stereocenters. The second-order valence-corrected chi connectivity index (χ2v) is 7.59. The van der Waals surface area contributed by atoms with Gasteiger partial charge in [0.1, 0.15) is 11.5 Å². The van der Waals surface area contributed by atoms with Crippen LogP contribution in [0, 0.1) is 5.82 Å². The number of nitrogens with zero attached hydrogens (tertiary/aromatic N) is 1. The van der Waals surface area contributed by atoms with Crippen molar-refractivity contribution in [2.75, 3.05) is 5.75 Å². The van der Waals surface area contributed by atoms with E-state index in [0.29, 0.717) is 16.7 Å². The first-order valence-corrected chi connectivity index (χ1v) is 10.7. The van der Waals surface area contributed by atoms with Crippen LogP contribution in [-0.4, -0.2) is 22.6 Å². The van der Waals surface area contributed by atoms with E-state index in [1.54, 1.807) is 0 Å². The fourth-order valence-corrected chi connectivity index (χ4v) is 3.57. The normalized spacial score (nSPS) is 10.5. The van der Waals surface area contributed by atoms with Crippen molar-refractivity contribution in [1.82, 2.24) is 15.8 Å². The van der Waals surface area contributed by atoms with Crippen molar-refractivity contribution in [3.63, 3.8) is 0 Å². The Hall–Kier alpha value is -3.91. The zero-order chi connectivity index (χ0) is 22.3. The summed E-state index contributed by atoms with van der Waals surface area (Å²) < 4.78 is 19.6. The molecule has 0 spiro atoms. The molecule has 8 heteroatoms. The molecule has 1 heterocycles. The minimum Gasteiger partial charge on any atom is -0.431 e. The molecule has 0 radical (unpaired) electrons. The van der Waals surface area contributed by atoms with Gasteiger partial charge in [0.25, 0.3) is 11.1 Å². The standard InChI is InChI=1S/C24H18FN3O3S/c25-19-14-8-7-13-18(19)23(30)28-27-20(29)15-32-24-26-21(16-9-3-1-4-10-16)22(31-24)17-11-5-2-6-12-17/h1-14H,15H2,(H,27,29)(H,28,30). The fourth-order valence-electron chi connectivity index (χ4n) is 2.94. The predicted molar refractivity (Wildman–Crippen MR) is 120 cm³/mol. The molecule has 1 aromatic heterocycles. The zero-order valence-corrected chi connectivity index (χ0v) is 17.6. The first-order valence-electron chi connectivity index (χ1n) is 9.70. The molecular weight excluding hydrogens is 429 g/mol. The predicted octanol–water partition coefficient (Wildman–Crippen LogP) is 4.70. The van der Waals surface area contributed by atoms with Gasteiger partial charge in [0.05, 0.1) is 11.3 Å². The van der Waals surface area contributed by atoms with Crippen molar-refractivity contribution >= 4 is 23.6 Å². The smallest absolute Gasteiger partial charge is 0.272 e. The second kappa shape index (κ2) is 9.93. The molecule has 0 aliphatic carbocycles. The first kappa shape index (κ1) is 21.3. The van der Waals surface area contributed by atoms with Crippen molar-refractivity contribution in [3.8, 4) is 22.6 Å². The van der Waals surface area contributed by atoms with Crippen LogP contribution in [0.5, 0.6) is 0 Å². The van der Waals surface area contributed by atoms with Gasteiger partial charge in [0.15, 0.2) is 5.76 Å². The summed E-state index contributed by atoms with van der Waals surface area (Å²) in [6.45, 7) is 0. The molecule has 4 aromatic rings. The molecule has 2 N–H and O–H groups in total. The summed E-state index contributed by atoms with van der Waals surface area (Å²) in [6, 6.07) is 24.7. The number of aromatic nitrogens is 1. The van der Waals surface area contributed by atoms with Gasteiger partial charge in [-0.15, -0.1) is 0 Å². The maximum absolute atomic E-state index is 13.7. The number of benzene rings is 3. The lowest BCUT2D eigenvalue weighted by atomic mass is 10.1. The topological polar surface area (TPSA) is 84.2 Å². The highest BCUT2D eigenvalue weighted by atomic mass is 32.2. The lowest BCUT2D eigenvalue weighted by molar-refractivity contribution is -0.119. The maximum Gasteiger partial charge on any atom is 0.272 e. The lowest BCUT2D eigenvalue weighted by Gasteiger charge is -2.07. The van der Waals surface area contributed by atoms with Crippen LogP contribution in [0.3, 0.4) is 0 Å². The van der Waals surface area contributed by atoms with Crippen LogP contribution in [0.4, 0.5) is 4.39 Å². The Bertz CT molecular complexity index is 1170. The van der Waals surface area contributed by atoms with Crippen molar-refractivity contribution in [2.45, 2.75) is 5.22 Å². The van der Waals surface area contributed by atoms with Gasteiger partial charge in [-0.25, -0.2) is 9.37 Å². The maximum atomic E-state index is 13.7. The van der Waals surface area contributed by atoms with Gasteiger partial charge in [0, 0.05) is 11.1 Å². The van der Waals surface area contributed by atoms with Gasteiger partial charge >= 0.3 is 0 Å². The summed E-state index contributed by atoms with van der Waals surface area (Å²) >= 11 is 1.09. The van der Waals surface area contributed by atoms with Crippen molar-refractivity contribution in [3.05, 3.63) is 96.3 Å². The van der Waals surface area contributed by atoms with E-state index in [-0.39, 0.29) is 11.3 Å². The minimum atomic E-state index is -0.740. The van der Waals surface area contributed by atoms with Crippen LogP contribution in [0.1, 0.15) is 10.4 Å². The molecule has 0 saturated carbocycles. The molecule has 3 aromatic carbocycles. The van der Waals surface area contributed by atoms with Crippen molar-refractivity contribution < 1.29 is 18.4 Å². The van der Waals surface area contributed by atoms with Crippen LogP contribution in [0.2, 0.25) is 0 Å². The van der Waals surface area contributed by atoms with Gasteiger partial charge in [-0.05, 0) is 12.1 Å². The third-order valence-corrected chi connectivity index (χ3v) is 5.28. The molecule has 6 nitrogen and oxygen atoms in total. The van der Waals surface area contributed by atoms with E-state index < -0.39 is 17.6 Å². The second-order valence-electron chi connectivity index (χ2n) is 6.66. The number of carbonyl (C=O) groups excluding carboxylic acids is 2. The molecule has 0 unspecified atom stereocenters. The summed E-state index contributed by atoms with van der Waals surface area (Å²) in [5, 5.41) is 0.318. The number of thioether (sulfide) groups is 1. The van der Waals surface area contributed by atoms with Gasteiger partial charge in [0.2, 0.25) is 5.91 Å². The quantitative estimate of drug-likeness (QED) is 0.331. The Morgan fingerprint density at radius 3 is 2.16 bits per heavy atom. The minimum absolute atomic E-state index is 0.0550. The molecule has 0 aliphatic heterocycles. The Balaban J connectivity index is 1.43. The number of carbonyl (C=O) groups is 2. The first-order chi connectivity index (χ1) is 15.6. The molecule has 0 fully saturated rings. The van der Waals surface area contributed by atoms with E-state index in [1.807, 2.05) is 60.7 Å². The SMILES string of the molecule is O=C(CSc1nc(-c2ccccc2)c(-c2ccccc2)o1)NNC(=O)c1ccccc1F. The third kappa shape index (κ3) is 5.04. The molecule has 4 rings (SSSR count). The van der Waals surface area contributed by atoms with Crippen molar-refractivity contribution in [2.24, 2.45) is 0 Å². The monoisotopic (exact) mass is 447 g/mol. The average Bonchev–Trinajstić information content (AvgIpc) is 3.27. The number of halogens is 1. The van der Waals surface area contributed by atoms with Gasteiger partial charge < -0.3 is 4.42 Å². The number of nitrogens with one attached hydrogen (secondary N) is 2. The van der Waals surface area contributed by atoms with E-state index in [0.717, 1.165) is 22.9 Å². The number of hydrogen-bond acceptors (Lipinski definition) is 5. The van der Waals surface area contributed by atoms with E-state index >= 15 is 0 Å². The zero-order valence-electron chi connectivity index (χ0n) is 16.7. The summed E-state index contributed by atoms with van der Waals surface area (Å²) in [7, 11) is 0. The highest BCUT2D eigenvalue weighted by molar-refractivity contribution is 7.99. The van der Waals surface area contributed by atoms with Crippen LogP contribution < -0.4 is 10.9 Å². The Morgan fingerprint density at radius 2 is 1.47 bits per heavy atom. The Kier molecular flexibility index (Phi) is 6.62. The highest BCUT2D eigenvalue weighted by Gasteiger charge is 2.18. The molecule has 2 amide bonds. The van der Waals surface area contributed by atoms with Crippen LogP contribution >= 0.6 is 11.8 Å². The number of rotatable bonds is 6. The van der Waals surface area contributed by atoms with Crippen LogP contribution in [0.15, 0.2) is 94.6 Å². The van der Waals surface area contributed by atoms with E-state index in [4.69, 9.17) is 4.42 Å². The Morgan fingerprint density at radius 1 is 0.844 bits per heavy atom. The van der Waals surface area contributed by atoms with Crippen LogP contribution in [0.25, 0.3) is 22.6 Å². The average molecular weight is 447 g/mol. The number of amides is 2. The summed E-state index contributed by atoms with van der Waals surface area (Å²) in [6.07, 6.45) is 0. The highest BCUT2D eigenvalue weighted by Crippen LogP contribution is 2.35. The van der Waals surface area contributed by atoms with Gasteiger partial charge in [-0.2, -0.15) is 0 Å². The molecule has 32 heavy (non-hydrogen) atoms. The lowest BCUT2D eigenvalue weighted by Crippen LogP contribution is -2.42. The number of hydrogen-bond donors (Lipinski definition) is 2. The molecular formula is C24H18FN3O3S.